The molecule has 14 heavy (non-hydrogen) atoms. The monoisotopic (exact) mass is 194 g/mol. The molecule has 2 rings (SSSR count). The second-order valence-electron chi connectivity index (χ2n) is 5.06. The van der Waals surface area contributed by atoms with Crippen molar-refractivity contribution in [3.8, 4) is 0 Å². The van der Waals surface area contributed by atoms with Gasteiger partial charge in [-0.25, -0.2) is 0 Å². The predicted octanol–water partition coefficient (Wildman–Crippen LogP) is 1.94. The van der Waals surface area contributed by atoms with Gasteiger partial charge in [0.15, 0.2) is 0 Å². The van der Waals surface area contributed by atoms with Crippen LogP contribution >= 0.6 is 0 Å². The third kappa shape index (κ3) is 1.46. The largest absolute Gasteiger partial charge is 0.378 e. The number of hydrogen-bond acceptors (Lipinski definition) is 2. The normalized spacial score (nSPS) is 28.9. The lowest BCUT2D eigenvalue weighted by molar-refractivity contribution is 0.203. The van der Waals surface area contributed by atoms with Gasteiger partial charge in [-0.3, -0.25) is 4.90 Å². The fourth-order valence-corrected chi connectivity index (χ4v) is 3.08. The van der Waals surface area contributed by atoms with Gasteiger partial charge in [-0.1, -0.05) is 13.8 Å². The lowest BCUT2D eigenvalue weighted by Gasteiger charge is -2.37. The molecule has 1 atom stereocenters. The molecule has 0 N–H and O–H groups in total. The van der Waals surface area contributed by atoms with E-state index in [4.69, 9.17) is 0 Å². The molecule has 0 saturated carbocycles. The first-order chi connectivity index (χ1) is 6.61. The molecule has 0 saturated heterocycles. The number of likely N-dealkylation sites (N-methyl/N-ethyl adjacent to an activating group) is 1. The summed E-state index contributed by atoms with van der Waals surface area (Å²) in [6.45, 7) is 7.15. The van der Waals surface area contributed by atoms with Crippen molar-refractivity contribution in [1.82, 2.24) is 9.80 Å². The van der Waals surface area contributed by atoms with Crippen molar-refractivity contribution >= 4 is 0 Å². The Morgan fingerprint density at radius 2 is 1.86 bits per heavy atom. The molecule has 0 spiro atoms. The first-order valence-corrected chi connectivity index (χ1v) is 5.74. The molecule has 0 aliphatic carbocycles. The minimum Gasteiger partial charge on any atom is -0.378 e. The van der Waals surface area contributed by atoms with Crippen LogP contribution in [0.25, 0.3) is 0 Å². The van der Waals surface area contributed by atoms with Gasteiger partial charge in [0.25, 0.3) is 0 Å². The van der Waals surface area contributed by atoms with E-state index in [0.29, 0.717) is 6.04 Å². The highest BCUT2D eigenvalue weighted by Crippen LogP contribution is 2.35. The molecule has 2 aliphatic heterocycles. The van der Waals surface area contributed by atoms with E-state index in [1.807, 2.05) is 0 Å². The standard InChI is InChI=1S/C12H22N2/c1-9(2)12-10-5-7-13(3)11(10)6-8-14(12)4/h9,12H,5-8H2,1-4H3. The highest BCUT2D eigenvalue weighted by atomic mass is 15.2. The van der Waals surface area contributed by atoms with Gasteiger partial charge in [0.05, 0.1) is 0 Å². The Kier molecular flexibility index (Phi) is 2.56. The Bertz CT molecular complexity index is 255. The molecule has 0 amide bonds. The Labute approximate surface area is 87.6 Å². The average molecular weight is 194 g/mol. The fourth-order valence-electron chi connectivity index (χ4n) is 3.08. The molecule has 80 valence electrons. The fraction of sp³-hybridized carbons (Fsp3) is 0.833. The molecule has 2 heterocycles. The smallest absolute Gasteiger partial charge is 0.0348 e. The first kappa shape index (κ1) is 10.0. The molecular formula is C12H22N2. The average Bonchev–Trinajstić information content (AvgIpc) is 2.47. The van der Waals surface area contributed by atoms with Crippen LogP contribution < -0.4 is 0 Å². The number of rotatable bonds is 1. The topological polar surface area (TPSA) is 6.48 Å². The van der Waals surface area contributed by atoms with Crippen LogP contribution in [0.3, 0.4) is 0 Å². The molecule has 2 heteroatoms. The summed E-state index contributed by atoms with van der Waals surface area (Å²) in [7, 11) is 4.51. The molecule has 0 aromatic carbocycles. The second-order valence-corrected chi connectivity index (χ2v) is 5.06. The van der Waals surface area contributed by atoms with Crippen molar-refractivity contribution in [3.63, 3.8) is 0 Å². The molecule has 1 unspecified atom stereocenters. The van der Waals surface area contributed by atoms with Crippen molar-refractivity contribution in [2.75, 3.05) is 27.2 Å². The van der Waals surface area contributed by atoms with Crippen LogP contribution in [-0.2, 0) is 0 Å². The first-order valence-electron chi connectivity index (χ1n) is 5.74. The maximum absolute atomic E-state index is 2.53. The molecule has 2 aliphatic rings. The Hall–Kier alpha value is -0.500. The van der Waals surface area contributed by atoms with E-state index in [-0.39, 0.29) is 0 Å². The van der Waals surface area contributed by atoms with E-state index >= 15 is 0 Å². The van der Waals surface area contributed by atoms with Gasteiger partial charge < -0.3 is 4.90 Å². The quantitative estimate of drug-likeness (QED) is 0.629. The molecule has 0 bridgehead atoms. The zero-order chi connectivity index (χ0) is 10.3. The summed E-state index contributed by atoms with van der Waals surface area (Å²) in [4.78, 5) is 4.99. The lowest BCUT2D eigenvalue weighted by Crippen LogP contribution is -2.41. The number of hydrogen-bond donors (Lipinski definition) is 0. The molecular weight excluding hydrogens is 172 g/mol. The van der Waals surface area contributed by atoms with E-state index in [1.165, 1.54) is 25.9 Å². The molecule has 0 fully saturated rings. The third-order valence-electron chi connectivity index (χ3n) is 3.71. The Morgan fingerprint density at radius 1 is 1.14 bits per heavy atom. The van der Waals surface area contributed by atoms with Crippen molar-refractivity contribution in [2.24, 2.45) is 5.92 Å². The van der Waals surface area contributed by atoms with Crippen LogP contribution in [0.15, 0.2) is 11.3 Å². The van der Waals surface area contributed by atoms with Crippen molar-refractivity contribution in [2.45, 2.75) is 32.7 Å². The van der Waals surface area contributed by atoms with Crippen molar-refractivity contribution in [3.05, 3.63) is 11.3 Å². The second kappa shape index (κ2) is 3.58. The summed E-state index contributed by atoms with van der Waals surface area (Å²) in [6, 6.07) is 0.698. The zero-order valence-electron chi connectivity index (χ0n) is 9.88. The number of nitrogens with zero attached hydrogens (tertiary/aromatic N) is 2. The molecule has 0 aromatic rings. The van der Waals surface area contributed by atoms with Gasteiger partial charge in [-0.15, -0.1) is 0 Å². The summed E-state index contributed by atoms with van der Waals surface area (Å²) >= 11 is 0. The SMILES string of the molecule is CC(C)C1C2=C(CCN1C)N(C)CC2. The Morgan fingerprint density at radius 3 is 2.50 bits per heavy atom. The lowest BCUT2D eigenvalue weighted by atomic mass is 9.89. The minimum atomic E-state index is 0.698. The molecule has 0 radical (unpaired) electrons. The van der Waals surface area contributed by atoms with Gasteiger partial charge in [0.2, 0.25) is 0 Å². The van der Waals surface area contributed by atoms with E-state index in [2.05, 4.69) is 37.7 Å². The van der Waals surface area contributed by atoms with Crippen LogP contribution in [0.5, 0.6) is 0 Å². The van der Waals surface area contributed by atoms with Gasteiger partial charge in [0, 0.05) is 38.3 Å². The van der Waals surface area contributed by atoms with Crippen LogP contribution in [0.1, 0.15) is 26.7 Å². The van der Waals surface area contributed by atoms with Gasteiger partial charge in [-0.05, 0) is 25.0 Å². The van der Waals surface area contributed by atoms with Crippen LogP contribution in [0.2, 0.25) is 0 Å². The summed E-state index contributed by atoms with van der Waals surface area (Å²) in [6.07, 6.45) is 2.55. The van der Waals surface area contributed by atoms with E-state index in [1.54, 1.807) is 11.3 Å². The van der Waals surface area contributed by atoms with Crippen LogP contribution in [0, 0.1) is 5.92 Å². The van der Waals surface area contributed by atoms with Crippen molar-refractivity contribution in [1.29, 1.82) is 0 Å². The van der Waals surface area contributed by atoms with E-state index < -0.39 is 0 Å². The predicted molar refractivity (Wildman–Crippen MR) is 60.1 cm³/mol. The minimum absolute atomic E-state index is 0.698. The van der Waals surface area contributed by atoms with E-state index in [0.717, 1.165) is 5.92 Å². The zero-order valence-corrected chi connectivity index (χ0v) is 9.88. The maximum Gasteiger partial charge on any atom is 0.0348 e. The van der Waals surface area contributed by atoms with Crippen molar-refractivity contribution < 1.29 is 0 Å². The summed E-state index contributed by atoms with van der Waals surface area (Å²) in [5.74, 6) is 0.747. The summed E-state index contributed by atoms with van der Waals surface area (Å²) in [5.41, 5.74) is 3.36. The van der Waals surface area contributed by atoms with Gasteiger partial charge >= 0.3 is 0 Å². The summed E-state index contributed by atoms with van der Waals surface area (Å²) < 4.78 is 0. The summed E-state index contributed by atoms with van der Waals surface area (Å²) in [5, 5.41) is 0. The maximum atomic E-state index is 2.53. The highest BCUT2D eigenvalue weighted by Gasteiger charge is 2.33. The van der Waals surface area contributed by atoms with Crippen LogP contribution in [0.4, 0.5) is 0 Å². The highest BCUT2D eigenvalue weighted by molar-refractivity contribution is 5.27. The molecule has 0 aromatic heterocycles. The Balaban J connectivity index is 2.29. The molecule has 2 nitrogen and oxygen atoms in total. The van der Waals surface area contributed by atoms with Crippen LogP contribution in [-0.4, -0.2) is 43.0 Å². The van der Waals surface area contributed by atoms with Gasteiger partial charge in [-0.2, -0.15) is 0 Å². The van der Waals surface area contributed by atoms with Gasteiger partial charge in [0.1, 0.15) is 0 Å². The third-order valence-corrected chi connectivity index (χ3v) is 3.71. The van der Waals surface area contributed by atoms with E-state index in [9.17, 15) is 0 Å².